The summed E-state index contributed by atoms with van der Waals surface area (Å²) in [4.78, 5) is 24.4. The van der Waals surface area contributed by atoms with Crippen LogP contribution in [0.25, 0.3) is 11.1 Å². The number of benzene rings is 3. The van der Waals surface area contributed by atoms with E-state index in [1.165, 1.54) is 0 Å². The predicted molar refractivity (Wildman–Crippen MR) is 117 cm³/mol. The molecule has 3 aromatic carbocycles. The topological polar surface area (TPSA) is 67.4 Å². The van der Waals surface area contributed by atoms with Crippen molar-refractivity contribution in [2.24, 2.45) is 0 Å². The molecule has 0 heterocycles. The molecule has 0 aliphatic rings. The molecular weight excluding hydrogens is 467 g/mol. The van der Waals surface area contributed by atoms with Crippen LogP contribution >= 0.6 is 22.6 Å². The molecule has 0 aliphatic heterocycles. The number of hydrazine groups is 1. The highest BCUT2D eigenvalue weighted by Crippen LogP contribution is 2.22. The van der Waals surface area contributed by atoms with Crippen molar-refractivity contribution in [2.75, 3.05) is 0 Å². The molecule has 2 N–H and O–H groups in total. The Morgan fingerprint density at radius 1 is 0.821 bits per heavy atom. The van der Waals surface area contributed by atoms with E-state index in [1.807, 2.05) is 66.7 Å². The number of carbonyl (C=O) groups excluding carboxylic acids is 2. The van der Waals surface area contributed by atoms with E-state index in [-0.39, 0.29) is 5.91 Å². The van der Waals surface area contributed by atoms with E-state index in [9.17, 15) is 9.59 Å². The number of ether oxygens (including phenoxy) is 1. The van der Waals surface area contributed by atoms with Gasteiger partial charge in [-0.2, -0.15) is 0 Å². The van der Waals surface area contributed by atoms with Crippen molar-refractivity contribution in [1.82, 2.24) is 10.9 Å². The summed E-state index contributed by atoms with van der Waals surface area (Å²) in [6.45, 7) is 1.62. The second-order valence-corrected chi connectivity index (χ2v) is 7.24. The number of hydrogen-bond donors (Lipinski definition) is 2. The number of amides is 2. The van der Waals surface area contributed by atoms with Gasteiger partial charge in [0.25, 0.3) is 11.8 Å². The van der Waals surface area contributed by atoms with Crippen molar-refractivity contribution in [1.29, 1.82) is 0 Å². The number of halogens is 1. The lowest BCUT2D eigenvalue weighted by atomic mass is 10.1. The maximum Gasteiger partial charge on any atom is 0.279 e. The van der Waals surface area contributed by atoms with Gasteiger partial charge in [-0.1, -0.05) is 54.6 Å². The van der Waals surface area contributed by atoms with Gasteiger partial charge in [0.05, 0.1) is 5.56 Å². The van der Waals surface area contributed by atoms with Crippen LogP contribution in [-0.2, 0) is 4.79 Å². The Hall–Kier alpha value is -2.87. The Bertz CT molecular complexity index is 959. The maximum atomic E-state index is 12.2. The molecule has 28 heavy (non-hydrogen) atoms. The van der Waals surface area contributed by atoms with Gasteiger partial charge in [0.15, 0.2) is 6.10 Å². The molecule has 0 aromatic heterocycles. The van der Waals surface area contributed by atoms with Crippen LogP contribution in [0.4, 0.5) is 0 Å². The lowest BCUT2D eigenvalue weighted by Crippen LogP contribution is -2.47. The minimum atomic E-state index is -0.766. The highest BCUT2D eigenvalue weighted by Gasteiger charge is 2.16. The second kappa shape index (κ2) is 9.36. The van der Waals surface area contributed by atoms with Crippen molar-refractivity contribution in [3.05, 3.63) is 88.0 Å². The molecule has 0 saturated heterocycles. The van der Waals surface area contributed by atoms with Crippen molar-refractivity contribution >= 4 is 34.4 Å². The molecule has 142 valence electrons. The average molecular weight is 486 g/mol. The zero-order valence-corrected chi connectivity index (χ0v) is 17.3. The van der Waals surface area contributed by atoms with Gasteiger partial charge < -0.3 is 4.74 Å². The van der Waals surface area contributed by atoms with Gasteiger partial charge >= 0.3 is 0 Å². The molecule has 3 rings (SSSR count). The Morgan fingerprint density at radius 2 is 1.43 bits per heavy atom. The summed E-state index contributed by atoms with van der Waals surface area (Å²) in [7, 11) is 0. The maximum absolute atomic E-state index is 12.2. The second-order valence-electron chi connectivity index (χ2n) is 6.07. The van der Waals surface area contributed by atoms with Crippen molar-refractivity contribution in [3.63, 3.8) is 0 Å². The smallest absolute Gasteiger partial charge is 0.279 e. The van der Waals surface area contributed by atoms with Crippen molar-refractivity contribution < 1.29 is 14.3 Å². The van der Waals surface area contributed by atoms with E-state index >= 15 is 0 Å². The number of rotatable bonds is 5. The first-order valence-electron chi connectivity index (χ1n) is 8.71. The van der Waals surface area contributed by atoms with E-state index in [0.717, 1.165) is 14.7 Å². The van der Waals surface area contributed by atoms with Crippen LogP contribution in [-0.4, -0.2) is 17.9 Å². The van der Waals surface area contributed by atoms with Gasteiger partial charge in [-0.3, -0.25) is 20.4 Å². The van der Waals surface area contributed by atoms with E-state index in [1.54, 1.807) is 19.1 Å². The minimum Gasteiger partial charge on any atom is -0.481 e. The SMILES string of the molecule is CC(Oc1ccc(-c2ccccc2)cc1)C(=O)NNC(=O)c1ccccc1I. The van der Waals surface area contributed by atoms with Crippen LogP contribution in [0.3, 0.4) is 0 Å². The molecule has 3 aromatic rings. The molecular formula is C22H19IN2O3. The Morgan fingerprint density at radius 3 is 2.11 bits per heavy atom. The lowest BCUT2D eigenvalue weighted by molar-refractivity contribution is -0.128. The molecule has 0 bridgehead atoms. The quantitative estimate of drug-likeness (QED) is 0.420. The fourth-order valence-electron chi connectivity index (χ4n) is 2.55. The third-order valence-electron chi connectivity index (χ3n) is 4.06. The zero-order valence-electron chi connectivity index (χ0n) is 15.2. The molecule has 1 unspecified atom stereocenters. The Balaban J connectivity index is 1.54. The molecule has 0 spiro atoms. The minimum absolute atomic E-state index is 0.377. The van der Waals surface area contributed by atoms with E-state index in [0.29, 0.717) is 11.3 Å². The standard InChI is InChI=1S/C22H19IN2O3/c1-15(21(26)24-25-22(27)19-9-5-6-10-20(19)23)28-18-13-11-17(12-14-18)16-7-3-2-4-8-16/h2-15H,1H3,(H,24,26)(H,25,27). The van der Waals surface area contributed by atoms with Gasteiger partial charge in [-0.25, -0.2) is 0 Å². The molecule has 2 amide bonds. The molecule has 1 atom stereocenters. The normalized spacial score (nSPS) is 11.4. The summed E-state index contributed by atoms with van der Waals surface area (Å²) in [5.74, 6) is -0.240. The summed E-state index contributed by atoms with van der Waals surface area (Å²) < 4.78 is 6.46. The molecule has 5 nitrogen and oxygen atoms in total. The van der Waals surface area contributed by atoms with E-state index < -0.39 is 12.0 Å². The van der Waals surface area contributed by atoms with Crippen LogP contribution in [0.5, 0.6) is 5.75 Å². The van der Waals surface area contributed by atoms with Crippen LogP contribution in [0, 0.1) is 3.57 Å². The van der Waals surface area contributed by atoms with Gasteiger partial charge in [-0.15, -0.1) is 0 Å². The van der Waals surface area contributed by atoms with Crippen LogP contribution < -0.4 is 15.6 Å². The molecule has 0 aliphatic carbocycles. The molecule has 6 heteroatoms. The lowest BCUT2D eigenvalue weighted by Gasteiger charge is -2.15. The number of hydrogen-bond acceptors (Lipinski definition) is 3. The third kappa shape index (κ3) is 5.10. The summed E-state index contributed by atoms with van der Waals surface area (Å²) in [5.41, 5.74) is 7.48. The highest BCUT2D eigenvalue weighted by molar-refractivity contribution is 14.1. The van der Waals surface area contributed by atoms with Crippen LogP contribution in [0.2, 0.25) is 0 Å². The highest BCUT2D eigenvalue weighted by atomic mass is 127. The number of carbonyl (C=O) groups is 2. The van der Waals surface area contributed by atoms with Gasteiger partial charge in [0.1, 0.15) is 5.75 Å². The summed E-state index contributed by atoms with van der Waals surface area (Å²) in [6, 6.07) is 24.6. The van der Waals surface area contributed by atoms with Gasteiger partial charge in [0.2, 0.25) is 0 Å². The number of nitrogens with one attached hydrogen (secondary N) is 2. The first-order chi connectivity index (χ1) is 13.5. The summed E-state index contributed by atoms with van der Waals surface area (Å²) >= 11 is 2.07. The largest absolute Gasteiger partial charge is 0.481 e. The first kappa shape index (κ1) is 19.9. The predicted octanol–water partition coefficient (Wildman–Crippen LogP) is 4.19. The van der Waals surface area contributed by atoms with Crippen LogP contribution in [0.1, 0.15) is 17.3 Å². The molecule has 0 fully saturated rings. The van der Waals surface area contributed by atoms with Crippen molar-refractivity contribution in [3.8, 4) is 16.9 Å². The summed E-state index contributed by atoms with van der Waals surface area (Å²) in [6.07, 6.45) is -0.766. The average Bonchev–Trinajstić information content (AvgIpc) is 2.73. The first-order valence-corrected chi connectivity index (χ1v) is 9.79. The van der Waals surface area contributed by atoms with Crippen LogP contribution in [0.15, 0.2) is 78.9 Å². The Labute approximate surface area is 177 Å². The van der Waals surface area contributed by atoms with E-state index in [4.69, 9.17) is 4.74 Å². The fraction of sp³-hybridized carbons (Fsp3) is 0.0909. The molecule has 0 radical (unpaired) electrons. The zero-order chi connectivity index (χ0) is 19.9. The van der Waals surface area contributed by atoms with Gasteiger partial charge in [0, 0.05) is 3.57 Å². The van der Waals surface area contributed by atoms with Crippen molar-refractivity contribution in [2.45, 2.75) is 13.0 Å². The Kier molecular flexibility index (Phi) is 6.65. The van der Waals surface area contributed by atoms with Gasteiger partial charge in [-0.05, 0) is 64.9 Å². The molecule has 0 saturated carbocycles. The third-order valence-corrected chi connectivity index (χ3v) is 5.00. The summed E-state index contributed by atoms with van der Waals surface area (Å²) in [5, 5.41) is 0. The fourth-order valence-corrected chi connectivity index (χ4v) is 3.18. The monoisotopic (exact) mass is 486 g/mol. The van der Waals surface area contributed by atoms with E-state index in [2.05, 4.69) is 33.4 Å².